The van der Waals surface area contributed by atoms with E-state index < -0.39 is 27.0 Å². The van der Waals surface area contributed by atoms with Crippen LogP contribution in [-0.4, -0.2) is 36.4 Å². The molecular weight excluding hydrogens is 306 g/mol. The van der Waals surface area contributed by atoms with Crippen molar-refractivity contribution in [2.24, 2.45) is 0 Å². The van der Waals surface area contributed by atoms with E-state index in [1.54, 1.807) is 24.3 Å². The lowest BCUT2D eigenvalue weighted by Gasteiger charge is -2.21. The summed E-state index contributed by atoms with van der Waals surface area (Å²) in [4.78, 5) is 22.6. The van der Waals surface area contributed by atoms with Gasteiger partial charge in [-0.3, -0.25) is 9.59 Å². The molecule has 1 amide bonds. The average Bonchev–Trinajstić information content (AvgIpc) is 2.46. The van der Waals surface area contributed by atoms with E-state index in [-0.39, 0.29) is 12.2 Å². The fraction of sp³-hybridized carbons (Fsp3) is 0.467. The molecule has 7 heteroatoms. The zero-order valence-corrected chi connectivity index (χ0v) is 12.9. The SMILES string of the molecule is O=C(O)CCc1ccc(NC(=O)C2CCCCS2(=O)=O)cc1. The molecule has 0 aliphatic carbocycles. The molecule has 0 saturated carbocycles. The van der Waals surface area contributed by atoms with Crippen LogP contribution < -0.4 is 5.32 Å². The highest BCUT2D eigenvalue weighted by atomic mass is 32.2. The summed E-state index contributed by atoms with van der Waals surface area (Å²) < 4.78 is 23.8. The second-order valence-electron chi connectivity index (χ2n) is 5.43. The molecule has 1 fully saturated rings. The standard InChI is InChI=1S/C15H19NO5S/c17-14(18)9-6-11-4-7-12(8-5-11)16-15(19)13-3-1-2-10-22(13,20)21/h4-5,7-8,13H,1-3,6,9-10H2,(H,16,19)(H,17,18). The van der Waals surface area contributed by atoms with Gasteiger partial charge in [-0.05, 0) is 37.0 Å². The van der Waals surface area contributed by atoms with E-state index in [9.17, 15) is 18.0 Å². The summed E-state index contributed by atoms with van der Waals surface area (Å²) >= 11 is 0. The van der Waals surface area contributed by atoms with Crippen molar-refractivity contribution < 1.29 is 23.1 Å². The number of anilines is 1. The first kappa shape index (κ1) is 16.5. The number of carboxylic acid groups (broad SMARTS) is 1. The Bertz CT molecular complexity index is 651. The van der Waals surface area contributed by atoms with Crippen molar-refractivity contribution >= 4 is 27.4 Å². The van der Waals surface area contributed by atoms with E-state index >= 15 is 0 Å². The molecule has 120 valence electrons. The summed E-state index contributed by atoms with van der Waals surface area (Å²) in [6.45, 7) is 0. The number of carbonyl (C=O) groups is 2. The Morgan fingerprint density at radius 3 is 2.45 bits per heavy atom. The molecule has 1 aromatic rings. The molecule has 2 rings (SSSR count). The number of rotatable bonds is 5. The normalized spacial score (nSPS) is 20.3. The Labute approximate surface area is 129 Å². The molecule has 1 aromatic carbocycles. The lowest BCUT2D eigenvalue weighted by molar-refractivity contribution is -0.137. The first-order chi connectivity index (χ1) is 10.4. The maximum absolute atomic E-state index is 12.1. The molecule has 0 aromatic heterocycles. The van der Waals surface area contributed by atoms with Gasteiger partial charge in [0, 0.05) is 12.1 Å². The lowest BCUT2D eigenvalue weighted by Crippen LogP contribution is -2.39. The number of sulfone groups is 1. The largest absolute Gasteiger partial charge is 0.481 e. The van der Waals surface area contributed by atoms with Gasteiger partial charge in [0.05, 0.1) is 5.75 Å². The molecule has 1 aliphatic rings. The van der Waals surface area contributed by atoms with Gasteiger partial charge in [0.2, 0.25) is 5.91 Å². The van der Waals surface area contributed by atoms with Crippen LogP contribution in [0.1, 0.15) is 31.2 Å². The molecular formula is C15H19NO5S. The quantitative estimate of drug-likeness (QED) is 0.856. The molecule has 22 heavy (non-hydrogen) atoms. The number of carbonyl (C=O) groups excluding carboxylic acids is 1. The Morgan fingerprint density at radius 1 is 1.18 bits per heavy atom. The van der Waals surface area contributed by atoms with Gasteiger partial charge in [0.1, 0.15) is 5.25 Å². The Morgan fingerprint density at radius 2 is 1.86 bits per heavy atom. The first-order valence-electron chi connectivity index (χ1n) is 7.21. The van der Waals surface area contributed by atoms with Crippen LogP contribution >= 0.6 is 0 Å². The minimum Gasteiger partial charge on any atom is -0.481 e. The number of hydrogen-bond donors (Lipinski definition) is 2. The van der Waals surface area contributed by atoms with Crippen LogP contribution in [0.15, 0.2) is 24.3 Å². The van der Waals surface area contributed by atoms with Crippen molar-refractivity contribution in [1.29, 1.82) is 0 Å². The van der Waals surface area contributed by atoms with Gasteiger partial charge in [0.15, 0.2) is 9.84 Å². The summed E-state index contributed by atoms with van der Waals surface area (Å²) in [7, 11) is -3.35. The number of aryl methyl sites for hydroxylation is 1. The maximum Gasteiger partial charge on any atom is 0.303 e. The second-order valence-corrected chi connectivity index (χ2v) is 7.73. The van der Waals surface area contributed by atoms with E-state index in [0.29, 0.717) is 24.9 Å². The van der Waals surface area contributed by atoms with Crippen molar-refractivity contribution in [3.63, 3.8) is 0 Å². The minimum atomic E-state index is -3.35. The Kier molecular flexibility index (Phi) is 5.18. The molecule has 0 radical (unpaired) electrons. The van der Waals surface area contributed by atoms with Crippen molar-refractivity contribution in [3.05, 3.63) is 29.8 Å². The number of benzene rings is 1. The summed E-state index contributed by atoms with van der Waals surface area (Å²) in [6.07, 6.45) is 2.19. The summed E-state index contributed by atoms with van der Waals surface area (Å²) in [5.74, 6) is -1.28. The second kappa shape index (κ2) is 6.91. The van der Waals surface area contributed by atoms with Crippen molar-refractivity contribution in [3.8, 4) is 0 Å². The molecule has 1 atom stereocenters. The van der Waals surface area contributed by atoms with Crippen molar-refractivity contribution in [2.75, 3.05) is 11.1 Å². The number of carboxylic acids is 1. The molecule has 1 unspecified atom stereocenters. The van der Waals surface area contributed by atoms with Crippen LogP contribution in [-0.2, 0) is 25.8 Å². The number of hydrogen-bond acceptors (Lipinski definition) is 4. The van der Waals surface area contributed by atoms with Gasteiger partial charge >= 0.3 is 5.97 Å². The first-order valence-corrected chi connectivity index (χ1v) is 8.93. The highest BCUT2D eigenvalue weighted by molar-refractivity contribution is 7.92. The Hall–Kier alpha value is -1.89. The average molecular weight is 325 g/mol. The predicted octanol–water partition coefficient (Wildman–Crippen LogP) is 1.61. The van der Waals surface area contributed by atoms with E-state index in [2.05, 4.69) is 5.32 Å². The van der Waals surface area contributed by atoms with Crippen molar-refractivity contribution in [2.45, 2.75) is 37.4 Å². The highest BCUT2D eigenvalue weighted by Gasteiger charge is 2.34. The molecule has 2 N–H and O–H groups in total. The number of nitrogens with one attached hydrogen (secondary N) is 1. The maximum atomic E-state index is 12.1. The van der Waals surface area contributed by atoms with E-state index in [1.165, 1.54) is 0 Å². The topological polar surface area (TPSA) is 101 Å². The van der Waals surface area contributed by atoms with Gasteiger partial charge in [0.25, 0.3) is 0 Å². The molecule has 6 nitrogen and oxygen atoms in total. The van der Waals surface area contributed by atoms with Gasteiger partial charge < -0.3 is 10.4 Å². The smallest absolute Gasteiger partial charge is 0.303 e. The summed E-state index contributed by atoms with van der Waals surface area (Å²) in [5.41, 5.74) is 1.37. The number of amides is 1. The van der Waals surface area contributed by atoms with Gasteiger partial charge in [-0.15, -0.1) is 0 Å². The third-order valence-electron chi connectivity index (χ3n) is 3.72. The van der Waals surface area contributed by atoms with E-state index in [4.69, 9.17) is 5.11 Å². The van der Waals surface area contributed by atoms with Crippen LogP contribution in [0.2, 0.25) is 0 Å². The molecule has 1 heterocycles. The zero-order chi connectivity index (χ0) is 16.2. The molecule has 0 spiro atoms. The monoisotopic (exact) mass is 325 g/mol. The predicted molar refractivity (Wildman–Crippen MR) is 82.5 cm³/mol. The fourth-order valence-corrected chi connectivity index (χ4v) is 4.28. The van der Waals surface area contributed by atoms with Gasteiger partial charge in [-0.2, -0.15) is 0 Å². The summed E-state index contributed by atoms with van der Waals surface area (Å²) in [5, 5.41) is 10.3. The molecule has 0 bridgehead atoms. The van der Waals surface area contributed by atoms with Crippen LogP contribution in [0.3, 0.4) is 0 Å². The zero-order valence-electron chi connectivity index (χ0n) is 12.1. The van der Waals surface area contributed by atoms with Crippen LogP contribution in [0, 0.1) is 0 Å². The third-order valence-corrected chi connectivity index (χ3v) is 5.89. The van der Waals surface area contributed by atoms with Crippen molar-refractivity contribution in [1.82, 2.24) is 0 Å². The van der Waals surface area contributed by atoms with Gasteiger partial charge in [-0.1, -0.05) is 18.6 Å². The summed E-state index contributed by atoms with van der Waals surface area (Å²) in [6, 6.07) is 6.77. The molecule has 1 aliphatic heterocycles. The Balaban J connectivity index is 1.98. The van der Waals surface area contributed by atoms with E-state index in [0.717, 1.165) is 12.0 Å². The number of aliphatic carboxylic acids is 1. The highest BCUT2D eigenvalue weighted by Crippen LogP contribution is 2.21. The third kappa shape index (κ3) is 4.30. The minimum absolute atomic E-state index is 0.0476. The van der Waals surface area contributed by atoms with Crippen LogP contribution in [0.4, 0.5) is 5.69 Å². The fourth-order valence-electron chi connectivity index (χ4n) is 2.48. The van der Waals surface area contributed by atoms with E-state index in [1.807, 2.05) is 0 Å². The molecule has 1 saturated heterocycles. The van der Waals surface area contributed by atoms with Gasteiger partial charge in [-0.25, -0.2) is 8.42 Å². The van der Waals surface area contributed by atoms with Crippen LogP contribution in [0.25, 0.3) is 0 Å². The van der Waals surface area contributed by atoms with Crippen LogP contribution in [0.5, 0.6) is 0 Å². The lowest BCUT2D eigenvalue weighted by atomic mass is 10.1.